The Hall–Kier alpha value is -1.28. The van der Waals surface area contributed by atoms with E-state index in [4.69, 9.17) is 5.11 Å². The minimum absolute atomic E-state index is 0. The van der Waals surface area contributed by atoms with Crippen LogP contribution < -0.4 is 5.43 Å². The fourth-order valence-electron chi connectivity index (χ4n) is 0.750. The second kappa shape index (κ2) is 8.82. The van der Waals surface area contributed by atoms with Gasteiger partial charge in [0, 0.05) is 47.5 Å². The zero-order chi connectivity index (χ0) is 11.3. The molecule has 8 heteroatoms. The van der Waals surface area contributed by atoms with Crippen LogP contribution in [-0.2, 0) is 4.79 Å². The molecular formula is C9H11N3NaO4. The van der Waals surface area contributed by atoms with Crippen LogP contribution in [0.25, 0.3) is 0 Å². The van der Waals surface area contributed by atoms with Crippen molar-refractivity contribution in [2.75, 3.05) is 0 Å². The van der Waals surface area contributed by atoms with Crippen LogP contribution in [0.15, 0.2) is 29.6 Å². The summed E-state index contributed by atoms with van der Waals surface area (Å²) in [5.74, 6) is -1.65. The molecule has 0 saturated carbocycles. The van der Waals surface area contributed by atoms with Crippen LogP contribution in [0, 0.1) is 0 Å². The van der Waals surface area contributed by atoms with E-state index in [9.17, 15) is 9.59 Å². The van der Waals surface area contributed by atoms with E-state index in [1.165, 1.54) is 31.5 Å². The van der Waals surface area contributed by atoms with Gasteiger partial charge in [-0.25, -0.2) is 10.2 Å². The van der Waals surface area contributed by atoms with Gasteiger partial charge in [0.1, 0.15) is 5.71 Å². The number of carboxylic acid groups (broad SMARTS) is 1. The Morgan fingerprint density at radius 1 is 1.35 bits per heavy atom. The molecule has 0 unspecified atom stereocenters. The van der Waals surface area contributed by atoms with Crippen molar-refractivity contribution in [3.8, 4) is 0 Å². The number of hydrogen-bond donors (Lipinski definition) is 2. The first-order valence-electron chi connectivity index (χ1n) is 4.09. The molecular weight excluding hydrogens is 237 g/mol. The first-order valence-corrected chi connectivity index (χ1v) is 4.09. The molecule has 0 aliphatic heterocycles. The molecule has 0 aliphatic rings. The zero-order valence-corrected chi connectivity index (χ0v) is 11.5. The third kappa shape index (κ3) is 6.12. The molecule has 87 valence electrons. The van der Waals surface area contributed by atoms with Crippen molar-refractivity contribution in [1.82, 2.24) is 10.4 Å². The van der Waals surface area contributed by atoms with E-state index in [0.717, 1.165) is 0 Å². The number of pyridine rings is 1. The van der Waals surface area contributed by atoms with Gasteiger partial charge in [-0.2, -0.15) is 5.10 Å². The fourth-order valence-corrected chi connectivity index (χ4v) is 0.750. The van der Waals surface area contributed by atoms with Gasteiger partial charge in [0.05, 0.1) is 0 Å². The minimum Gasteiger partial charge on any atom is -0.477 e. The van der Waals surface area contributed by atoms with E-state index >= 15 is 0 Å². The van der Waals surface area contributed by atoms with Gasteiger partial charge in [0.2, 0.25) is 0 Å². The molecule has 0 saturated heterocycles. The van der Waals surface area contributed by atoms with E-state index in [1.807, 2.05) is 0 Å². The van der Waals surface area contributed by atoms with Crippen LogP contribution in [0.3, 0.4) is 0 Å². The van der Waals surface area contributed by atoms with Gasteiger partial charge in [-0.1, -0.05) is 0 Å². The van der Waals surface area contributed by atoms with E-state index < -0.39 is 11.9 Å². The molecule has 1 rings (SSSR count). The molecule has 0 bridgehead atoms. The Morgan fingerprint density at radius 3 is 2.35 bits per heavy atom. The normalized spacial score (nSPS) is 9.59. The van der Waals surface area contributed by atoms with Crippen molar-refractivity contribution in [3.63, 3.8) is 0 Å². The Kier molecular flexibility index (Phi) is 9.39. The second-order valence-corrected chi connectivity index (χ2v) is 2.68. The quantitative estimate of drug-likeness (QED) is 0.407. The Labute approximate surface area is 120 Å². The second-order valence-electron chi connectivity index (χ2n) is 2.68. The van der Waals surface area contributed by atoms with Crippen LogP contribution in [0.5, 0.6) is 0 Å². The summed E-state index contributed by atoms with van der Waals surface area (Å²) in [4.78, 5) is 25.4. The summed E-state index contributed by atoms with van der Waals surface area (Å²) in [6.07, 6.45) is 2.92. The summed E-state index contributed by atoms with van der Waals surface area (Å²) in [5, 5.41) is 11.9. The number of rotatable bonds is 3. The zero-order valence-electron chi connectivity index (χ0n) is 9.47. The van der Waals surface area contributed by atoms with Crippen molar-refractivity contribution in [2.24, 2.45) is 5.10 Å². The Balaban J connectivity index is 0. The number of amides is 1. The maximum absolute atomic E-state index is 11.3. The summed E-state index contributed by atoms with van der Waals surface area (Å²) >= 11 is 0. The molecule has 4 N–H and O–H groups in total. The van der Waals surface area contributed by atoms with Crippen LogP contribution in [-0.4, -0.2) is 62.7 Å². The van der Waals surface area contributed by atoms with Crippen LogP contribution >= 0.6 is 0 Å². The summed E-state index contributed by atoms with van der Waals surface area (Å²) in [5.41, 5.74) is 2.31. The molecule has 7 nitrogen and oxygen atoms in total. The average Bonchev–Trinajstić information content (AvgIpc) is 2.26. The largest absolute Gasteiger partial charge is 0.477 e. The summed E-state index contributed by atoms with van der Waals surface area (Å²) in [7, 11) is 0. The van der Waals surface area contributed by atoms with Gasteiger partial charge < -0.3 is 10.6 Å². The summed E-state index contributed by atoms with van der Waals surface area (Å²) < 4.78 is 0. The van der Waals surface area contributed by atoms with Crippen molar-refractivity contribution in [1.29, 1.82) is 0 Å². The van der Waals surface area contributed by atoms with Crippen molar-refractivity contribution in [2.45, 2.75) is 6.92 Å². The number of aromatic nitrogens is 1. The predicted octanol–water partition coefficient (Wildman–Crippen LogP) is -0.934. The SMILES string of the molecule is CC(=NNC(=O)c1ccncc1)C(=O)O.O.[Na]. The molecule has 0 aliphatic carbocycles. The monoisotopic (exact) mass is 248 g/mol. The number of carboxylic acids is 1. The third-order valence-corrected chi connectivity index (χ3v) is 1.58. The van der Waals surface area contributed by atoms with Gasteiger partial charge in [-0.3, -0.25) is 9.78 Å². The molecule has 0 fully saturated rings. The van der Waals surface area contributed by atoms with Crippen molar-refractivity contribution < 1.29 is 20.2 Å². The van der Waals surface area contributed by atoms with Gasteiger partial charge in [-0.05, 0) is 19.1 Å². The molecule has 17 heavy (non-hydrogen) atoms. The molecule has 0 spiro atoms. The number of nitrogens with one attached hydrogen (secondary N) is 1. The summed E-state index contributed by atoms with van der Waals surface area (Å²) in [6, 6.07) is 3.00. The number of carbonyl (C=O) groups is 2. The minimum atomic E-state index is -1.18. The maximum atomic E-state index is 11.3. The number of hydrazone groups is 1. The molecule has 1 aromatic rings. The number of nitrogens with zero attached hydrogens (tertiary/aromatic N) is 2. The Morgan fingerprint density at radius 2 is 1.88 bits per heavy atom. The van der Waals surface area contributed by atoms with Crippen LogP contribution in [0.1, 0.15) is 17.3 Å². The van der Waals surface area contributed by atoms with Gasteiger partial charge in [0.15, 0.2) is 0 Å². The standard InChI is InChI=1S/C9H9N3O3.Na.H2O/c1-6(9(14)15)11-12-8(13)7-2-4-10-5-3-7;;/h2-5H,1H3,(H,12,13)(H,14,15);;1H2. The number of carbonyl (C=O) groups excluding carboxylic acids is 1. The van der Waals surface area contributed by atoms with Crippen molar-refractivity contribution >= 4 is 47.1 Å². The molecule has 0 atom stereocenters. The summed E-state index contributed by atoms with van der Waals surface area (Å²) in [6.45, 7) is 1.29. The smallest absolute Gasteiger partial charge is 0.351 e. The van der Waals surface area contributed by atoms with Gasteiger partial charge in [-0.15, -0.1) is 0 Å². The van der Waals surface area contributed by atoms with E-state index in [0.29, 0.717) is 5.56 Å². The first-order chi connectivity index (χ1) is 7.11. The molecule has 0 aromatic carbocycles. The van der Waals surface area contributed by atoms with E-state index in [2.05, 4.69) is 15.5 Å². The van der Waals surface area contributed by atoms with E-state index in [1.54, 1.807) is 0 Å². The third-order valence-electron chi connectivity index (χ3n) is 1.58. The van der Waals surface area contributed by atoms with Gasteiger partial charge in [0.25, 0.3) is 5.91 Å². The van der Waals surface area contributed by atoms with Crippen LogP contribution in [0.4, 0.5) is 0 Å². The topological polar surface area (TPSA) is 123 Å². The van der Waals surface area contributed by atoms with Crippen LogP contribution in [0.2, 0.25) is 0 Å². The van der Waals surface area contributed by atoms with Crippen molar-refractivity contribution in [3.05, 3.63) is 30.1 Å². The first kappa shape index (κ1) is 18.1. The number of aliphatic carboxylic acids is 1. The van der Waals surface area contributed by atoms with E-state index in [-0.39, 0.29) is 40.7 Å². The Bertz CT molecular complexity index is 408. The molecule has 1 amide bonds. The number of hydrogen-bond acceptors (Lipinski definition) is 4. The molecule has 1 heterocycles. The maximum Gasteiger partial charge on any atom is 0.351 e. The average molecular weight is 248 g/mol. The predicted molar refractivity (Wildman–Crippen MR) is 61.8 cm³/mol. The van der Waals surface area contributed by atoms with Gasteiger partial charge >= 0.3 is 5.97 Å². The molecule has 1 aromatic heterocycles. The fraction of sp³-hybridized carbons (Fsp3) is 0.111. The molecule has 1 radical (unpaired) electrons.